The number of thiophene rings is 1. The van der Waals surface area contributed by atoms with Crippen LogP contribution in [0.15, 0.2) is 48.0 Å². The van der Waals surface area contributed by atoms with Crippen LogP contribution in [0.2, 0.25) is 5.02 Å². The van der Waals surface area contributed by atoms with Crippen LogP contribution in [0.25, 0.3) is 21.6 Å². The summed E-state index contributed by atoms with van der Waals surface area (Å²) in [6, 6.07) is 12.0. The summed E-state index contributed by atoms with van der Waals surface area (Å²) < 4.78 is 0. The molecule has 0 unspecified atom stereocenters. The lowest BCUT2D eigenvalue weighted by Gasteiger charge is -2.30. The Morgan fingerprint density at radius 3 is 2.71 bits per heavy atom. The van der Waals surface area contributed by atoms with Crippen LogP contribution in [0.3, 0.4) is 0 Å². The van der Waals surface area contributed by atoms with E-state index in [-0.39, 0.29) is 17.4 Å². The number of aromatic nitrogens is 1. The van der Waals surface area contributed by atoms with E-state index >= 15 is 0 Å². The number of nitrogens with zero attached hydrogens (tertiary/aromatic N) is 2. The van der Waals surface area contributed by atoms with Gasteiger partial charge in [-0.1, -0.05) is 38.4 Å². The Hall–Kier alpha value is -2.21. The van der Waals surface area contributed by atoms with Gasteiger partial charge in [0.1, 0.15) is 0 Å². The number of nitrogens with two attached hydrogens (primary N) is 1. The number of piperidine rings is 1. The molecule has 0 aliphatic carbocycles. The molecule has 0 radical (unpaired) electrons. The molecule has 3 heterocycles. The highest BCUT2D eigenvalue weighted by Crippen LogP contribution is 2.37. The van der Waals surface area contributed by atoms with E-state index in [2.05, 4.69) is 43.3 Å². The number of carbonyl (C=O) groups excluding carboxylic acids is 1. The predicted octanol–water partition coefficient (Wildman–Crippen LogP) is 5.99. The molecule has 1 amide bonds. The molecule has 0 spiro atoms. The minimum Gasteiger partial charge on any atom is -0.337 e. The minimum absolute atomic E-state index is 0.0000510. The SMILES string of the molecule is CC(C)(C)c1cc(-c2cc(-c3ccc(C(=O)N4CCC[C@H](N)C4)cc3Cl)cs2)ccn1. The molecule has 2 N–H and O–H groups in total. The first-order valence-electron chi connectivity index (χ1n) is 10.6. The van der Waals surface area contributed by atoms with Crippen molar-refractivity contribution in [3.8, 4) is 21.6 Å². The van der Waals surface area contributed by atoms with E-state index in [1.807, 2.05) is 29.3 Å². The van der Waals surface area contributed by atoms with Crippen molar-refractivity contribution in [2.45, 2.75) is 45.1 Å². The van der Waals surface area contributed by atoms with Crippen molar-refractivity contribution in [3.05, 3.63) is 64.3 Å². The van der Waals surface area contributed by atoms with Gasteiger partial charge in [0, 0.05) is 57.5 Å². The van der Waals surface area contributed by atoms with Gasteiger partial charge >= 0.3 is 0 Å². The van der Waals surface area contributed by atoms with Gasteiger partial charge in [-0.05, 0) is 59.7 Å². The zero-order valence-electron chi connectivity index (χ0n) is 18.2. The molecular weight excluding hydrogens is 426 g/mol. The third-order valence-electron chi connectivity index (χ3n) is 5.68. The number of hydrogen-bond donors (Lipinski definition) is 1. The molecule has 1 atom stereocenters. The molecule has 31 heavy (non-hydrogen) atoms. The van der Waals surface area contributed by atoms with E-state index in [1.54, 1.807) is 17.4 Å². The van der Waals surface area contributed by atoms with Crippen LogP contribution in [0.4, 0.5) is 0 Å². The zero-order valence-corrected chi connectivity index (χ0v) is 19.8. The van der Waals surface area contributed by atoms with Crippen LogP contribution in [0.1, 0.15) is 49.7 Å². The summed E-state index contributed by atoms with van der Waals surface area (Å²) in [5, 5.41) is 2.69. The summed E-state index contributed by atoms with van der Waals surface area (Å²) in [4.78, 5) is 20.4. The normalized spacial score (nSPS) is 17.1. The topological polar surface area (TPSA) is 59.2 Å². The maximum atomic E-state index is 12.9. The molecule has 4 nitrogen and oxygen atoms in total. The van der Waals surface area contributed by atoms with Gasteiger partial charge in [0.25, 0.3) is 5.91 Å². The molecule has 1 fully saturated rings. The molecular formula is C25H28ClN3OS. The number of amides is 1. The van der Waals surface area contributed by atoms with Gasteiger partial charge < -0.3 is 10.6 Å². The molecule has 6 heteroatoms. The summed E-state index contributed by atoms with van der Waals surface area (Å²) in [6.07, 6.45) is 3.79. The Bertz CT molecular complexity index is 1100. The molecule has 3 aromatic rings. The molecule has 0 bridgehead atoms. The van der Waals surface area contributed by atoms with Crippen molar-refractivity contribution in [2.24, 2.45) is 5.73 Å². The lowest BCUT2D eigenvalue weighted by Crippen LogP contribution is -2.45. The summed E-state index contributed by atoms with van der Waals surface area (Å²) >= 11 is 8.30. The first kappa shape index (κ1) is 22.0. The molecule has 162 valence electrons. The third kappa shape index (κ3) is 4.84. The number of benzene rings is 1. The quantitative estimate of drug-likeness (QED) is 0.529. The lowest BCUT2D eigenvalue weighted by molar-refractivity contribution is 0.0709. The van der Waals surface area contributed by atoms with Crippen LogP contribution >= 0.6 is 22.9 Å². The van der Waals surface area contributed by atoms with E-state index in [0.29, 0.717) is 17.1 Å². The van der Waals surface area contributed by atoms with Gasteiger partial charge in [0.2, 0.25) is 0 Å². The third-order valence-corrected chi connectivity index (χ3v) is 6.98. The van der Waals surface area contributed by atoms with Gasteiger partial charge in [-0.2, -0.15) is 0 Å². The number of hydrogen-bond acceptors (Lipinski definition) is 4. The Kier molecular flexibility index (Phi) is 6.20. The number of pyridine rings is 1. The van der Waals surface area contributed by atoms with Crippen LogP contribution in [-0.2, 0) is 5.41 Å². The van der Waals surface area contributed by atoms with Gasteiger partial charge in [-0.25, -0.2) is 0 Å². The molecule has 0 saturated carbocycles. The number of halogens is 1. The van der Waals surface area contributed by atoms with Gasteiger partial charge in [0.15, 0.2) is 0 Å². The zero-order chi connectivity index (χ0) is 22.2. The van der Waals surface area contributed by atoms with Crippen LogP contribution in [-0.4, -0.2) is 34.9 Å². The van der Waals surface area contributed by atoms with Gasteiger partial charge in [-0.15, -0.1) is 11.3 Å². The molecule has 4 rings (SSSR count). The average Bonchev–Trinajstić information content (AvgIpc) is 3.22. The summed E-state index contributed by atoms with van der Waals surface area (Å²) in [7, 11) is 0. The molecule has 2 aromatic heterocycles. The Labute approximate surface area is 193 Å². The van der Waals surface area contributed by atoms with E-state index < -0.39 is 0 Å². The van der Waals surface area contributed by atoms with Crippen LogP contribution in [0, 0.1) is 0 Å². The highest BCUT2D eigenvalue weighted by Gasteiger charge is 2.23. The fraction of sp³-hybridized carbons (Fsp3) is 0.360. The summed E-state index contributed by atoms with van der Waals surface area (Å²) in [5.41, 5.74) is 10.9. The lowest BCUT2D eigenvalue weighted by atomic mass is 9.90. The highest BCUT2D eigenvalue weighted by atomic mass is 35.5. The summed E-state index contributed by atoms with van der Waals surface area (Å²) in [5.74, 6) is 0.00102. The maximum absolute atomic E-state index is 12.9. The van der Waals surface area contributed by atoms with Crippen molar-refractivity contribution >= 4 is 28.8 Å². The van der Waals surface area contributed by atoms with Crippen LogP contribution in [0.5, 0.6) is 0 Å². The minimum atomic E-state index is 0.0000510. The molecule has 1 aliphatic heterocycles. The highest BCUT2D eigenvalue weighted by molar-refractivity contribution is 7.14. The molecule has 1 saturated heterocycles. The Balaban J connectivity index is 1.57. The van der Waals surface area contributed by atoms with Crippen LogP contribution < -0.4 is 5.73 Å². The standard InChI is InChI=1S/C25H28ClN3OS/c1-25(2,3)23-13-16(8-9-28-23)22-12-18(15-31-22)20-7-6-17(11-21(20)26)24(30)29-10-4-5-19(27)14-29/h6-9,11-13,15,19H,4-5,10,14,27H2,1-3H3/t19-/m0/s1. The Morgan fingerprint density at radius 1 is 1.19 bits per heavy atom. The van der Waals surface area contributed by atoms with E-state index in [4.69, 9.17) is 17.3 Å². The molecule has 1 aliphatic rings. The summed E-state index contributed by atoms with van der Waals surface area (Å²) in [6.45, 7) is 7.86. The second kappa shape index (κ2) is 8.73. The smallest absolute Gasteiger partial charge is 0.253 e. The fourth-order valence-electron chi connectivity index (χ4n) is 3.88. The van der Waals surface area contributed by atoms with E-state index in [9.17, 15) is 4.79 Å². The van der Waals surface area contributed by atoms with Crippen molar-refractivity contribution in [2.75, 3.05) is 13.1 Å². The maximum Gasteiger partial charge on any atom is 0.253 e. The van der Waals surface area contributed by atoms with E-state index in [1.165, 1.54) is 4.88 Å². The second-order valence-corrected chi connectivity index (χ2v) is 10.5. The number of rotatable bonds is 3. The predicted molar refractivity (Wildman–Crippen MR) is 130 cm³/mol. The van der Waals surface area contributed by atoms with Crippen molar-refractivity contribution in [1.82, 2.24) is 9.88 Å². The number of carbonyl (C=O) groups is 1. The monoisotopic (exact) mass is 453 g/mol. The first-order valence-corrected chi connectivity index (χ1v) is 11.9. The van der Waals surface area contributed by atoms with Gasteiger partial charge in [-0.3, -0.25) is 9.78 Å². The Morgan fingerprint density at radius 2 is 2.00 bits per heavy atom. The van der Waals surface area contributed by atoms with Crippen molar-refractivity contribution in [1.29, 1.82) is 0 Å². The van der Waals surface area contributed by atoms with Crippen molar-refractivity contribution in [3.63, 3.8) is 0 Å². The fourth-order valence-corrected chi connectivity index (χ4v) is 5.08. The van der Waals surface area contributed by atoms with Gasteiger partial charge in [0.05, 0.1) is 0 Å². The van der Waals surface area contributed by atoms with E-state index in [0.717, 1.165) is 41.8 Å². The first-order chi connectivity index (χ1) is 14.7. The second-order valence-electron chi connectivity index (χ2n) is 9.23. The largest absolute Gasteiger partial charge is 0.337 e. The average molecular weight is 454 g/mol. The van der Waals surface area contributed by atoms with Crippen molar-refractivity contribution < 1.29 is 4.79 Å². The number of likely N-dealkylation sites (tertiary alicyclic amines) is 1. The molecule has 1 aromatic carbocycles.